The predicted molar refractivity (Wildman–Crippen MR) is 86.4 cm³/mol. The van der Waals surface area contributed by atoms with Crippen LogP contribution in [0.3, 0.4) is 0 Å². The summed E-state index contributed by atoms with van der Waals surface area (Å²) >= 11 is 0. The van der Waals surface area contributed by atoms with Crippen LogP contribution in [0.2, 0.25) is 0 Å². The fraction of sp³-hybridized carbons (Fsp3) is 0.667. The van der Waals surface area contributed by atoms with Gasteiger partial charge in [0.2, 0.25) is 0 Å². The maximum absolute atomic E-state index is 13.0. The summed E-state index contributed by atoms with van der Waals surface area (Å²) < 4.78 is 39.1. The lowest BCUT2D eigenvalue weighted by Gasteiger charge is -2.32. The molecule has 1 nitrogen and oxygen atoms in total. The molecular weight excluding hydrogens is 323 g/mol. The van der Waals surface area contributed by atoms with Gasteiger partial charge in [-0.2, -0.15) is 13.2 Å². The van der Waals surface area contributed by atoms with Crippen LogP contribution in [-0.4, -0.2) is 6.04 Å². The molecule has 3 aliphatic carbocycles. The van der Waals surface area contributed by atoms with Crippen LogP contribution in [0.4, 0.5) is 13.2 Å². The molecule has 1 N–H and O–H groups in total. The average Bonchev–Trinajstić information content (AvgIpc) is 3.16. The van der Waals surface area contributed by atoms with Crippen molar-refractivity contribution in [1.82, 2.24) is 5.32 Å². The zero-order valence-electron chi connectivity index (χ0n) is 13.0. The second-order valence-electron chi connectivity index (χ2n) is 7.30. The van der Waals surface area contributed by atoms with Crippen LogP contribution >= 0.6 is 12.4 Å². The highest BCUT2D eigenvalue weighted by molar-refractivity contribution is 5.85. The Bertz CT molecular complexity index is 559. The van der Waals surface area contributed by atoms with E-state index >= 15 is 0 Å². The second kappa shape index (κ2) is 6.29. The van der Waals surface area contributed by atoms with E-state index in [-0.39, 0.29) is 12.4 Å². The first-order valence-corrected chi connectivity index (χ1v) is 8.42. The van der Waals surface area contributed by atoms with E-state index < -0.39 is 11.7 Å². The van der Waals surface area contributed by atoms with Crippen LogP contribution in [0.25, 0.3) is 0 Å². The van der Waals surface area contributed by atoms with Gasteiger partial charge in [0.05, 0.1) is 5.56 Å². The zero-order valence-corrected chi connectivity index (χ0v) is 13.8. The highest BCUT2D eigenvalue weighted by Crippen LogP contribution is 2.58. The van der Waals surface area contributed by atoms with Crippen molar-refractivity contribution in [2.45, 2.75) is 50.9 Å². The minimum Gasteiger partial charge on any atom is -0.310 e. The van der Waals surface area contributed by atoms with E-state index in [4.69, 9.17) is 0 Å². The van der Waals surface area contributed by atoms with Crippen LogP contribution in [-0.2, 0) is 12.7 Å². The quantitative estimate of drug-likeness (QED) is 0.809. The Morgan fingerprint density at radius 1 is 1.00 bits per heavy atom. The van der Waals surface area contributed by atoms with E-state index in [0.717, 1.165) is 17.8 Å². The minimum absolute atomic E-state index is 0. The fourth-order valence-corrected chi connectivity index (χ4v) is 5.49. The van der Waals surface area contributed by atoms with Gasteiger partial charge >= 0.3 is 6.18 Å². The van der Waals surface area contributed by atoms with Crippen LogP contribution in [0.1, 0.15) is 43.2 Å². The minimum atomic E-state index is -4.26. The molecular formula is C18H23ClF3N. The standard InChI is InChI=1S/C18H22F3N.ClH/c19-18(20,21)16-7-2-1-4-11(16)10-22-17-9-12-8-15(17)14-6-3-5-13(12)14;/h1-2,4,7,12-15,17,22H,3,5-6,8-10H2;1H. The molecule has 128 valence electrons. The molecule has 1 aromatic rings. The fourth-order valence-electron chi connectivity index (χ4n) is 5.49. The smallest absolute Gasteiger partial charge is 0.310 e. The maximum atomic E-state index is 13.0. The van der Waals surface area contributed by atoms with Gasteiger partial charge in [0.1, 0.15) is 0 Å². The van der Waals surface area contributed by atoms with Crippen molar-refractivity contribution in [2.24, 2.45) is 23.7 Å². The van der Waals surface area contributed by atoms with Crippen LogP contribution in [0, 0.1) is 23.7 Å². The molecule has 5 atom stereocenters. The van der Waals surface area contributed by atoms with Gasteiger partial charge in [0, 0.05) is 12.6 Å². The van der Waals surface area contributed by atoms with E-state index in [1.54, 1.807) is 12.1 Å². The zero-order chi connectivity index (χ0) is 15.3. The lowest BCUT2D eigenvalue weighted by Crippen LogP contribution is -2.39. The van der Waals surface area contributed by atoms with Crippen LogP contribution in [0.15, 0.2) is 24.3 Å². The number of halogens is 4. The molecule has 4 rings (SSSR count). The summed E-state index contributed by atoms with van der Waals surface area (Å²) in [5.41, 5.74) is -0.120. The lowest BCUT2D eigenvalue weighted by atomic mass is 9.79. The third kappa shape index (κ3) is 3.00. The molecule has 3 aliphatic rings. The lowest BCUT2D eigenvalue weighted by molar-refractivity contribution is -0.138. The SMILES string of the molecule is Cl.FC(F)(F)c1ccccc1CNC1CC2CC1C1CCCC21. The predicted octanol–water partition coefficient (Wildman–Crippen LogP) is 5.04. The van der Waals surface area contributed by atoms with Crippen LogP contribution < -0.4 is 5.32 Å². The normalized spacial score (nSPS) is 35.2. The van der Waals surface area contributed by atoms with E-state index in [1.165, 1.54) is 44.2 Å². The van der Waals surface area contributed by atoms with Gasteiger partial charge in [0.25, 0.3) is 0 Å². The van der Waals surface area contributed by atoms with Gasteiger partial charge in [0.15, 0.2) is 0 Å². The Balaban J connectivity index is 0.00000156. The van der Waals surface area contributed by atoms with Crippen molar-refractivity contribution in [2.75, 3.05) is 0 Å². The second-order valence-corrected chi connectivity index (χ2v) is 7.30. The first kappa shape index (κ1) is 17.1. The largest absolute Gasteiger partial charge is 0.416 e. The Morgan fingerprint density at radius 3 is 2.52 bits per heavy atom. The number of nitrogens with one attached hydrogen (secondary N) is 1. The number of fused-ring (bicyclic) bond motifs is 5. The van der Waals surface area contributed by atoms with Gasteiger partial charge in [-0.25, -0.2) is 0 Å². The highest BCUT2D eigenvalue weighted by Gasteiger charge is 2.53. The molecule has 0 aliphatic heterocycles. The van der Waals surface area contributed by atoms with Gasteiger partial charge in [-0.1, -0.05) is 24.6 Å². The summed E-state index contributed by atoms with van der Waals surface area (Å²) in [5.74, 6) is 3.29. The van der Waals surface area contributed by atoms with Gasteiger partial charge in [-0.05, 0) is 61.0 Å². The summed E-state index contributed by atoms with van der Waals surface area (Å²) in [5, 5.41) is 3.45. The Kier molecular flexibility index (Phi) is 4.67. The Morgan fingerprint density at radius 2 is 1.74 bits per heavy atom. The summed E-state index contributed by atoms with van der Waals surface area (Å²) in [6.45, 7) is 0.334. The molecule has 0 radical (unpaired) electrons. The number of hydrogen-bond donors (Lipinski definition) is 1. The molecule has 0 aromatic heterocycles. The third-order valence-corrected chi connectivity index (χ3v) is 6.31. The van der Waals surface area contributed by atoms with E-state index in [0.29, 0.717) is 24.1 Å². The summed E-state index contributed by atoms with van der Waals surface area (Å²) in [6, 6.07) is 6.37. The van der Waals surface area contributed by atoms with Crippen molar-refractivity contribution < 1.29 is 13.2 Å². The molecule has 0 spiro atoms. The number of rotatable bonds is 3. The van der Waals surface area contributed by atoms with Gasteiger partial charge in [-0.3, -0.25) is 0 Å². The first-order valence-electron chi connectivity index (χ1n) is 8.42. The molecule has 23 heavy (non-hydrogen) atoms. The number of alkyl halides is 3. The maximum Gasteiger partial charge on any atom is 0.416 e. The summed E-state index contributed by atoms with van der Waals surface area (Å²) in [6.07, 6.45) is 2.28. The molecule has 0 amide bonds. The Labute approximate surface area is 141 Å². The molecule has 0 saturated heterocycles. The van der Waals surface area contributed by atoms with Gasteiger partial charge in [-0.15, -0.1) is 12.4 Å². The molecule has 1 aromatic carbocycles. The van der Waals surface area contributed by atoms with E-state index in [9.17, 15) is 13.2 Å². The first-order chi connectivity index (χ1) is 10.5. The number of benzene rings is 1. The van der Waals surface area contributed by atoms with Crippen molar-refractivity contribution >= 4 is 12.4 Å². The number of hydrogen-bond acceptors (Lipinski definition) is 1. The summed E-state index contributed by atoms with van der Waals surface area (Å²) in [4.78, 5) is 0. The van der Waals surface area contributed by atoms with Gasteiger partial charge < -0.3 is 5.32 Å². The van der Waals surface area contributed by atoms with Crippen molar-refractivity contribution in [3.63, 3.8) is 0 Å². The average molecular weight is 346 g/mol. The highest BCUT2D eigenvalue weighted by atomic mass is 35.5. The molecule has 3 fully saturated rings. The monoisotopic (exact) mass is 345 g/mol. The third-order valence-electron chi connectivity index (χ3n) is 6.31. The molecule has 5 heteroatoms. The molecule has 3 saturated carbocycles. The Hall–Kier alpha value is -0.740. The topological polar surface area (TPSA) is 12.0 Å². The molecule has 0 heterocycles. The molecule has 5 unspecified atom stereocenters. The van der Waals surface area contributed by atoms with E-state index in [1.807, 2.05) is 0 Å². The van der Waals surface area contributed by atoms with Crippen LogP contribution in [0.5, 0.6) is 0 Å². The van der Waals surface area contributed by atoms with Crippen molar-refractivity contribution in [1.29, 1.82) is 0 Å². The summed E-state index contributed by atoms with van der Waals surface area (Å²) in [7, 11) is 0. The van der Waals surface area contributed by atoms with Crippen molar-refractivity contribution in [3.8, 4) is 0 Å². The molecule has 2 bridgehead atoms. The van der Waals surface area contributed by atoms with E-state index in [2.05, 4.69) is 5.32 Å². The van der Waals surface area contributed by atoms with Crippen molar-refractivity contribution in [3.05, 3.63) is 35.4 Å².